The molecule has 2 aliphatic heterocycles. The van der Waals surface area contributed by atoms with E-state index < -0.39 is 0 Å². The number of likely N-dealkylation sites (tertiary alicyclic amines) is 1. The SMILES string of the molecule is CC1CCCN(C(=O)C2(C)CNC2)C1. The fourth-order valence-electron chi connectivity index (χ4n) is 2.41. The number of hydrogen-bond donors (Lipinski definition) is 1. The van der Waals surface area contributed by atoms with Crippen LogP contribution in [-0.4, -0.2) is 37.0 Å². The highest BCUT2D eigenvalue weighted by Crippen LogP contribution is 2.27. The fourth-order valence-corrected chi connectivity index (χ4v) is 2.41. The van der Waals surface area contributed by atoms with Crippen molar-refractivity contribution < 1.29 is 4.79 Å². The van der Waals surface area contributed by atoms with Crippen molar-refractivity contribution in [1.29, 1.82) is 0 Å². The maximum atomic E-state index is 12.1. The Kier molecular flexibility index (Phi) is 2.52. The highest BCUT2D eigenvalue weighted by atomic mass is 16.2. The molecular weight excluding hydrogens is 176 g/mol. The van der Waals surface area contributed by atoms with Crippen LogP contribution >= 0.6 is 0 Å². The Hall–Kier alpha value is -0.570. The van der Waals surface area contributed by atoms with Gasteiger partial charge in [-0.15, -0.1) is 0 Å². The first-order valence-electron chi connectivity index (χ1n) is 5.62. The molecule has 3 heteroatoms. The summed E-state index contributed by atoms with van der Waals surface area (Å²) in [5.41, 5.74) is -0.100. The summed E-state index contributed by atoms with van der Waals surface area (Å²) in [6.07, 6.45) is 2.45. The predicted octanol–water partition coefficient (Wildman–Crippen LogP) is 0.854. The fraction of sp³-hybridized carbons (Fsp3) is 0.909. The van der Waals surface area contributed by atoms with Gasteiger partial charge in [-0.05, 0) is 25.7 Å². The van der Waals surface area contributed by atoms with Crippen molar-refractivity contribution >= 4 is 5.91 Å². The highest BCUT2D eigenvalue weighted by Gasteiger charge is 2.42. The molecule has 2 heterocycles. The lowest BCUT2D eigenvalue weighted by molar-refractivity contribution is -0.145. The number of rotatable bonds is 1. The molecule has 2 fully saturated rings. The Morgan fingerprint density at radius 1 is 1.50 bits per heavy atom. The average molecular weight is 196 g/mol. The van der Waals surface area contributed by atoms with E-state index in [-0.39, 0.29) is 5.41 Å². The van der Waals surface area contributed by atoms with Gasteiger partial charge in [-0.3, -0.25) is 4.79 Å². The summed E-state index contributed by atoms with van der Waals surface area (Å²) < 4.78 is 0. The molecule has 2 rings (SSSR count). The van der Waals surface area contributed by atoms with E-state index in [4.69, 9.17) is 0 Å². The Balaban J connectivity index is 1.96. The van der Waals surface area contributed by atoms with Crippen LogP contribution in [0.2, 0.25) is 0 Å². The van der Waals surface area contributed by atoms with Crippen LogP contribution < -0.4 is 5.32 Å². The molecule has 0 aliphatic carbocycles. The molecule has 0 bridgehead atoms. The van der Waals surface area contributed by atoms with Gasteiger partial charge < -0.3 is 10.2 Å². The second-order valence-corrected chi connectivity index (χ2v) is 5.16. The molecule has 1 atom stereocenters. The lowest BCUT2D eigenvalue weighted by Gasteiger charge is -2.43. The number of piperidine rings is 1. The zero-order valence-corrected chi connectivity index (χ0v) is 9.18. The van der Waals surface area contributed by atoms with Crippen LogP contribution in [-0.2, 0) is 4.79 Å². The van der Waals surface area contributed by atoms with Gasteiger partial charge in [0, 0.05) is 26.2 Å². The Morgan fingerprint density at radius 2 is 2.21 bits per heavy atom. The molecule has 80 valence electrons. The number of amides is 1. The second kappa shape index (κ2) is 3.54. The Morgan fingerprint density at radius 3 is 2.71 bits per heavy atom. The molecular formula is C11H20N2O. The highest BCUT2D eigenvalue weighted by molar-refractivity contribution is 5.84. The largest absolute Gasteiger partial charge is 0.342 e. The second-order valence-electron chi connectivity index (χ2n) is 5.16. The van der Waals surface area contributed by atoms with Crippen LogP contribution in [0.3, 0.4) is 0 Å². The van der Waals surface area contributed by atoms with Crippen molar-refractivity contribution in [2.75, 3.05) is 26.2 Å². The molecule has 0 radical (unpaired) electrons. The monoisotopic (exact) mass is 196 g/mol. The van der Waals surface area contributed by atoms with Crippen molar-refractivity contribution in [3.8, 4) is 0 Å². The molecule has 2 saturated heterocycles. The average Bonchev–Trinajstić information content (AvgIpc) is 2.13. The van der Waals surface area contributed by atoms with E-state index in [2.05, 4.69) is 24.1 Å². The molecule has 0 aromatic carbocycles. The van der Waals surface area contributed by atoms with E-state index in [0.717, 1.165) is 26.2 Å². The minimum Gasteiger partial charge on any atom is -0.342 e. The van der Waals surface area contributed by atoms with Crippen LogP contribution in [0, 0.1) is 11.3 Å². The zero-order chi connectivity index (χ0) is 10.2. The standard InChI is InChI=1S/C11H20N2O/c1-9-4-3-5-13(6-9)10(14)11(2)7-12-8-11/h9,12H,3-8H2,1-2H3. The molecule has 3 nitrogen and oxygen atoms in total. The van der Waals surface area contributed by atoms with Gasteiger partial charge in [0.1, 0.15) is 0 Å². The summed E-state index contributed by atoms with van der Waals surface area (Å²) in [7, 11) is 0. The molecule has 1 unspecified atom stereocenters. The number of hydrogen-bond acceptors (Lipinski definition) is 2. The Bertz CT molecular complexity index is 235. The van der Waals surface area contributed by atoms with Crippen LogP contribution in [0.5, 0.6) is 0 Å². The van der Waals surface area contributed by atoms with Gasteiger partial charge in [-0.1, -0.05) is 6.92 Å². The summed E-state index contributed by atoms with van der Waals surface area (Å²) >= 11 is 0. The molecule has 2 aliphatic rings. The molecule has 1 N–H and O–H groups in total. The van der Waals surface area contributed by atoms with Crippen molar-refractivity contribution in [3.63, 3.8) is 0 Å². The number of nitrogens with zero attached hydrogens (tertiary/aromatic N) is 1. The molecule has 0 saturated carbocycles. The number of carbonyl (C=O) groups excluding carboxylic acids is 1. The van der Waals surface area contributed by atoms with Gasteiger partial charge in [-0.2, -0.15) is 0 Å². The third kappa shape index (κ3) is 1.65. The lowest BCUT2D eigenvalue weighted by Crippen LogP contribution is -2.61. The molecule has 0 aromatic rings. The maximum Gasteiger partial charge on any atom is 0.231 e. The van der Waals surface area contributed by atoms with E-state index >= 15 is 0 Å². The summed E-state index contributed by atoms with van der Waals surface area (Å²) in [6.45, 7) is 7.96. The normalized spacial score (nSPS) is 31.0. The van der Waals surface area contributed by atoms with Crippen molar-refractivity contribution in [1.82, 2.24) is 10.2 Å². The van der Waals surface area contributed by atoms with Crippen molar-refractivity contribution in [2.24, 2.45) is 11.3 Å². The minimum atomic E-state index is -0.100. The first-order chi connectivity index (χ1) is 6.62. The number of nitrogens with one attached hydrogen (secondary N) is 1. The van der Waals surface area contributed by atoms with Gasteiger partial charge in [0.2, 0.25) is 5.91 Å². The summed E-state index contributed by atoms with van der Waals surface area (Å²) in [5, 5.41) is 3.19. The molecule has 0 spiro atoms. The van der Waals surface area contributed by atoms with Gasteiger partial charge in [0.25, 0.3) is 0 Å². The molecule has 14 heavy (non-hydrogen) atoms. The first kappa shape index (κ1) is 9.97. The van der Waals surface area contributed by atoms with Gasteiger partial charge >= 0.3 is 0 Å². The van der Waals surface area contributed by atoms with E-state index in [9.17, 15) is 4.79 Å². The van der Waals surface area contributed by atoms with E-state index in [1.807, 2.05) is 0 Å². The number of carbonyl (C=O) groups is 1. The topological polar surface area (TPSA) is 32.3 Å². The van der Waals surface area contributed by atoms with Gasteiger partial charge in [0.15, 0.2) is 0 Å². The van der Waals surface area contributed by atoms with Gasteiger partial charge in [0.05, 0.1) is 5.41 Å². The van der Waals surface area contributed by atoms with Crippen LogP contribution in [0.15, 0.2) is 0 Å². The van der Waals surface area contributed by atoms with Gasteiger partial charge in [-0.25, -0.2) is 0 Å². The van der Waals surface area contributed by atoms with E-state index in [1.165, 1.54) is 12.8 Å². The predicted molar refractivity (Wildman–Crippen MR) is 56.0 cm³/mol. The van der Waals surface area contributed by atoms with Crippen LogP contribution in [0.1, 0.15) is 26.7 Å². The van der Waals surface area contributed by atoms with E-state index in [1.54, 1.807) is 0 Å². The van der Waals surface area contributed by atoms with Crippen LogP contribution in [0.25, 0.3) is 0 Å². The maximum absolute atomic E-state index is 12.1. The van der Waals surface area contributed by atoms with Crippen LogP contribution in [0.4, 0.5) is 0 Å². The quantitative estimate of drug-likeness (QED) is 0.674. The van der Waals surface area contributed by atoms with Crippen molar-refractivity contribution in [3.05, 3.63) is 0 Å². The lowest BCUT2D eigenvalue weighted by atomic mass is 9.82. The first-order valence-corrected chi connectivity index (χ1v) is 5.62. The molecule has 0 aromatic heterocycles. The van der Waals surface area contributed by atoms with E-state index in [0.29, 0.717) is 11.8 Å². The third-order valence-electron chi connectivity index (χ3n) is 3.49. The third-order valence-corrected chi connectivity index (χ3v) is 3.49. The molecule has 1 amide bonds. The smallest absolute Gasteiger partial charge is 0.231 e. The van der Waals surface area contributed by atoms with Crippen molar-refractivity contribution in [2.45, 2.75) is 26.7 Å². The minimum absolute atomic E-state index is 0.100. The summed E-state index contributed by atoms with van der Waals surface area (Å²) in [6, 6.07) is 0. The Labute approximate surface area is 85.8 Å². The summed E-state index contributed by atoms with van der Waals surface area (Å²) in [4.78, 5) is 14.2. The summed E-state index contributed by atoms with van der Waals surface area (Å²) in [5.74, 6) is 1.05. The zero-order valence-electron chi connectivity index (χ0n) is 9.18.